The molecule has 1 heterocycles. The molecule has 1 aromatic carbocycles. The first kappa shape index (κ1) is 25.6. The SMILES string of the molecule is CCOB(OC(C)(C)CC)c1ccc(CN2CCN(C(=O)OC(C)(C)C)CC2)c(F)c1. The van der Waals surface area contributed by atoms with E-state index in [4.69, 9.17) is 14.0 Å². The Balaban J connectivity index is 1.97. The number of ether oxygens (including phenoxy) is 1. The molecule has 1 aliphatic heterocycles. The van der Waals surface area contributed by atoms with Crippen molar-refractivity contribution in [2.45, 2.75) is 72.6 Å². The zero-order valence-corrected chi connectivity index (χ0v) is 20.2. The first-order chi connectivity index (χ1) is 14.4. The maximum Gasteiger partial charge on any atom is 0.494 e. The van der Waals surface area contributed by atoms with E-state index in [1.54, 1.807) is 11.0 Å². The smallest absolute Gasteiger partial charge is 0.444 e. The summed E-state index contributed by atoms with van der Waals surface area (Å²) < 4.78 is 32.1. The van der Waals surface area contributed by atoms with Gasteiger partial charge in [0.25, 0.3) is 0 Å². The van der Waals surface area contributed by atoms with Crippen LogP contribution in [0.2, 0.25) is 0 Å². The van der Waals surface area contributed by atoms with Crippen LogP contribution in [0.15, 0.2) is 18.2 Å². The molecule has 0 N–H and O–H groups in total. The van der Waals surface area contributed by atoms with Crippen LogP contribution in [0.3, 0.4) is 0 Å². The van der Waals surface area contributed by atoms with Crippen LogP contribution in [-0.2, 0) is 20.6 Å². The van der Waals surface area contributed by atoms with Crippen LogP contribution in [0.5, 0.6) is 0 Å². The normalized spacial score (nSPS) is 15.8. The van der Waals surface area contributed by atoms with Gasteiger partial charge in [-0.2, -0.15) is 0 Å². The molecular formula is C23H38BFN2O4. The summed E-state index contributed by atoms with van der Waals surface area (Å²) in [5.74, 6) is -0.269. The molecule has 1 fully saturated rings. The lowest BCUT2D eigenvalue weighted by Crippen LogP contribution is -2.49. The molecule has 8 heteroatoms. The molecule has 6 nitrogen and oxygen atoms in total. The fourth-order valence-corrected chi connectivity index (χ4v) is 3.22. The van der Waals surface area contributed by atoms with Crippen LogP contribution in [0.4, 0.5) is 9.18 Å². The van der Waals surface area contributed by atoms with Gasteiger partial charge in [-0.25, -0.2) is 9.18 Å². The lowest BCUT2D eigenvalue weighted by molar-refractivity contribution is 0.0138. The minimum absolute atomic E-state index is 0.269. The molecule has 1 saturated heterocycles. The molecule has 0 aliphatic carbocycles. The third-order valence-corrected chi connectivity index (χ3v) is 5.36. The number of carbonyl (C=O) groups is 1. The van der Waals surface area contributed by atoms with E-state index >= 15 is 0 Å². The lowest BCUT2D eigenvalue weighted by atomic mass is 9.77. The van der Waals surface area contributed by atoms with Crippen molar-refractivity contribution in [2.75, 3.05) is 32.8 Å². The van der Waals surface area contributed by atoms with Crippen LogP contribution in [0, 0.1) is 5.82 Å². The Bertz CT molecular complexity index is 731. The van der Waals surface area contributed by atoms with Crippen LogP contribution in [0.25, 0.3) is 0 Å². The number of hydrogen-bond acceptors (Lipinski definition) is 5. The first-order valence-corrected chi connectivity index (χ1v) is 11.2. The second-order valence-electron chi connectivity index (χ2n) is 9.61. The lowest BCUT2D eigenvalue weighted by Gasteiger charge is -2.35. The Morgan fingerprint density at radius 1 is 1.10 bits per heavy atom. The maximum absolute atomic E-state index is 14.9. The molecule has 0 bridgehead atoms. The summed E-state index contributed by atoms with van der Waals surface area (Å²) >= 11 is 0. The van der Waals surface area contributed by atoms with Crippen molar-refractivity contribution >= 4 is 18.7 Å². The van der Waals surface area contributed by atoms with Gasteiger partial charge in [-0.15, -0.1) is 0 Å². The Hall–Kier alpha value is -1.64. The minimum atomic E-state index is -0.596. The van der Waals surface area contributed by atoms with E-state index in [9.17, 15) is 9.18 Å². The minimum Gasteiger partial charge on any atom is -0.444 e. The third kappa shape index (κ3) is 8.09. The molecule has 0 radical (unpaired) electrons. The fraction of sp³-hybridized carbons (Fsp3) is 0.696. The van der Waals surface area contributed by atoms with E-state index in [-0.39, 0.29) is 17.5 Å². The van der Waals surface area contributed by atoms with E-state index in [2.05, 4.69) is 11.8 Å². The van der Waals surface area contributed by atoms with Gasteiger partial charge < -0.3 is 18.9 Å². The van der Waals surface area contributed by atoms with E-state index in [1.807, 2.05) is 47.6 Å². The Kier molecular flexibility index (Phi) is 8.92. The highest BCUT2D eigenvalue weighted by Gasteiger charge is 2.30. The van der Waals surface area contributed by atoms with Crippen LogP contribution in [-0.4, -0.2) is 67.0 Å². The summed E-state index contributed by atoms with van der Waals surface area (Å²) in [6, 6.07) is 5.19. The summed E-state index contributed by atoms with van der Waals surface area (Å²) in [7, 11) is -0.596. The van der Waals surface area contributed by atoms with Crippen LogP contribution >= 0.6 is 0 Å². The zero-order chi connectivity index (χ0) is 23.2. The Morgan fingerprint density at radius 2 is 1.74 bits per heavy atom. The Labute approximate surface area is 187 Å². The topological polar surface area (TPSA) is 51.2 Å². The molecule has 1 amide bonds. The highest BCUT2D eigenvalue weighted by atomic mass is 19.1. The van der Waals surface area contributed by atoms with Gasteiger partial charge in [0.15, 0.2) is 0 Å². The van der Waals surface area contributed by atoms with E-state index in [0.29, 0.717) is 50.4 Å². The van der Waals surface area contributed by atoms with Crippen molar-refractivity contribution in [3.63, 3.8) is 0 Å². The van der Waals surface area contributed by atoms with Gasteiger partial charge in [0, 0.05) is 50.5 Å². The third-order valence-electron chi connectivity index (χ3n) is 5.36. The van der Waals surface area contributed by atoms with Gasteiger partial charge in [0.1, 0.15) is 11.4 Å². The summed E-state index contributed by atoms with van der Waals surface area (Å²) in [4.78, 5) is 16.1. The molecule has 1 aliphatic rings. The van der Waals surface area contributed by atoms with E-state index < -0.39 is 12.7 Å². The van der Waals surface area contributed by atoms with Crippen LogP contribution < -0.4 is 5.46 Å². The summed E-state index contributed by atoms with van der Waals surface area (Å²) in [6.07, 6.45) is 0.534. The van der Waals surface area contributed by atoms with Crippen LogP contribution in [0.1, 0.15) is 60.5 Å². The van der Waals surface area contributed by atoms with E-state index in [1.165, 1.54) is 6.07 Å². The predicted octanol–water partition coefficient (Wildman–Crippen LogP) is 3.82. The van der Waals surface area contributed by atoms with Gasteiger partial charge >= 0.3 is 13.2 Å². The molecule has 0 atom stereocenters. The number of amides is 1. The van der Waals surface area contributed by atoms with Gasteiger partial charge in [0.05, 0.1) is 0 Å². The van der Waals surface area contributed by atoms with Gasteiger partial charge in [0.2, 0.25) is 0 Å². The molecular weight excluding hydrogens is 398 g/mol. The summed E-state index contributed by atoms with van der Waals surface area (Å²) in [5.41, 5.74) is 0.441. The number of piperazine rings is 1. The monoisotopic (exact) mass is 436 g/mol. The molecule has 31 heavy (non-hydrogen) atoms. The average Bonchev–Trinajstić information content (AvgIpc) is 2.68. The highest BCUT2D eigenvalue weighted by molar-refractivity contribution is 6.61. The molecule has 0 aromatic heterocycles. The van der Waals surface area contributed by atoms with Crippen molar-refractivity contribution in [3.8, 4) is 0 Å². The van der Waals surface area contributed by atoms with Gasteiger partial charge in [-0.1, -0.05) is 19.1 Å². The molecule has 174 valence electrons. The summed E-state index contributed by atoms with van der Waals surface area (Å²) in [6.45, 7) is 17.0. The van der Waals surface area contributed by atoms with Crippen molar-refractivity contribution in [2.24, 2.45) is 0 Å². The van der Waals surface area contributed by atoms with Crippen molar-refractivity contribution in [3.05, 3.63) is 29.6 Å². The van der Waals surface area contributed by atoms with Crippen molar-refractivity contribution in [1.29, 1.82) is 0 Å². The van der Waals surface area contributed by atoms with E-state index in [0.717, 1.165) is 6.42 Å². The highest BCUT2D eigenvalue weighted by Crippen LogP contribution is 2.18. The Morgan fingerprint density at radius 3 is 2.26 bits per heavy atom. The largest absolute Gasteiger partial charge is 0.494 e. The first-order valence-electron chi connectivity index (χ1n) is 11.2. The van der Waals surface area contributed by atoms with Gasteiger partial charge in [-0.3, -0.25) is 4.90 Å². The average molecular weight is 436 g/mol. The maximum atomic E-state index is 14.9. The number of hydrogen-bond donors (Lipinski definition) is 0. The number of carbonyl (C=O) groups excluding carboxylic acids is 1. The molecule has 2 rings (SSSR count). The second-order valence-corrected chi connectivity index (χ2v) is 9.61. The predicted molar refractivity (Wildman–Crippen MR) is 122 cm³/mol. The fourth-order valence-electron chi connectivity index (χ4n) is 3.22. The van der Waals surface area contributed by atoms with Crippen molar-refractivity contribution < 1.29 is 23.2 Å². The number of halogens is 1. The number of benzene rings is 1. The molecule has 0 spiro atoms. The summed E-state index contributed by atoms with van der Waals surface area (Å²) in [5, 5.41) is 0. The second kappa shape index (κ2) is 10.8. The number of rotatable bonds is 8. The molecule has 0 saturated carbocycles. The number of nitrogens with zero attached hydrogens (tertiary/aromatic N) is 2. The zero-order valence-electron chi connectivity index (χ0n) is 20.2. The van der Waals surface area contributed by atoms with Gasteiger partial charge in [-0.05, 0) is 59.5 Å². The standard InChI is InChI=1S/C23H38BFN2O4/c1-8-23(6,7)31-24(29-9-2)19-11-10-18(20(25)16-19)17-26-12-14-27(15-13-26)21(28)30-22(3,4)5/h10-11,16H,8-9,12-15,17H2,1-7H3. The molecule has 1 aromatic rings. The quantitative estimate of drug-likeness (QED) is 0.580. The molecule has 0 unspecified atom stereocenters. The van der Waals surface area contributed by atoms with Crippen molar-refractivity contribution in [1.82, 2.24) is 9.80 Å².